The van der Waals surface area contributed by atoms with E-state index in [2.05, 4.69) is 22.0 Å². The number of nitrogens with zero attached hydrogens (tertiary/aromatic N) is 4. The lowest BCUT2D eigenvalue weighted by atomic mass is 10.1. The van der Waals surface area contributed by atoms with Gasteiger partial charge in [0, 0.05) is 32.1 Å². The van der Waals surface area contributed by atoms with Crippen LogP contribution in [0.25, 0.3) is 10.8 Å². The Balaban J connectivity index is 1.61. The Morgan fingerprint density at radius 3 is 2.57 bits per heavy atom. The van der Waals surface area contributed by atoms with Crippen LogP contribution in [-0.4, -0.2) is 52.1 Å². The summed E-state index contributed by atoms with van der Waals surface area (Å²) < 4.78 is 5.82. The largest absolute Gasteiger partial charge is 0.418 e. The molecule has 6 nitrogen and oxygen atoms in total. The van der Waals surface area contributed by atoms with Crippen LogP contribution in [0.1, 0.15) is 32.7 Å². The number of thiophene rings is 1. The summed E-state index contributed by atoms with van der Waals surface area (Å²) in [5, 5.41) is 10.3. The van der Waals surface area contributed by atoms with E-state index in [0.29, 0.717) is 11.8 Å². The number of hydrogen-bond donors (Lipinski definition) is 0. The van der Waals surface area contributed by atoms with Gasteiger partial charge in [0.2, 0.25) is 11.8 Å². The van der Waals surface area contributed by atoms with E-state index in [1.165, 1.54) is 0 Å². The first-order chi connectivity index (χ1) is 11.1. The Kier molecular flexibility index (Phi) is 4.77. The molecule has 124 valence electrons. The normalized spacial score (nSPS) is 17.7. The van der Waals surface area contributed by atoms with Crippen molar-refractivity contribution in [3.05, 3.63) is 23.4 Å². The Morgan fingerprint density at radius 2 is 1.96 bits per heavy atom. The van der Waals surface area contributed by atoms with Gasteiger partial charge in [-0.25, -0.2) is 0 Å². The van der Waals surface area contributed by atoms with E-state index in [1.807, 2.05) is 36.3 Å². The first kappa shape index (κ1) is 16.1. The van der Waals surface area contributed by atoms with Crippen LogP contribution in [0.15, 0.2) is 21.9 Å². The molecular formula is C16H22N4O2S. The van der Waals surface area contributed by atoms with Crippen molar-refractivity contribution < 1.29 is 9.21 Å². The van der Waals surface area contributed by atoms with Crippen molar-refractivity contribution in [3.8, 4) is 10.8 Å². The van der Waals surface area contributed by atoms with Gasteiger partial charge in [-0.3, -0.25) is 9.69 Å². The molecule has 0 spiro atoms. The van der Waals surface area contributed by atoms with E-state index < -0.39 is 0 Å². The molecule has 3 rings (SSSR count). The third kappa shape index (κ3) is 3.45. The topological polar surface area (TPSA) is 62.5 Å². The van der Waals surface area contributed by atoms with Gasteiger partial charge in [0.15, 0.2) is 0 Å². The Bertz CT molecular complexity index is 645. The summed E-state index contributed by atoms with van der Waals surface area (Å²) in [5.74, 6) is 1.51. The first-order valence-electron chi connectivity index (χ1n) is 7.96. The van der Waals surface area contributed by atoms with Gasteiger partial charge in [0.05, 0.1) is 10.9 Å². The van der Waals surface area contributed by atoms with Crippen molar-refractivity contribution in [2.45, 2.75) is 26.8 Å². The monoisotopic (exact) mass is 334 g/mol. The van der Waals surface area contributed by atoms with Crippen molar-refractivity contribution in [1.82, 2.24) is 20.0 Å². The molecule has 0 aliphatic carbocycles. The zero-order valence-electron chi connectivity index (χ0n) is 13.7. The standard InChI is InChI=1S/C16H22N4O2S/c1-11(2)16(21)20-8-6-19(7-9-20)12(3)14-17-18-15(22-14)13-5-4-10-23-13/h4-5,10-12H,6-9H2,1-3H3. The number of carbonyl (C=O) groups excluding carboxylic acids is 1. The molecule has 0 bridgehead atoms. The molecule has 0 N–H and O–H groups in total. The van der Waals surface area contributed by atoms with Crippen LogP contribution < -0.4 is 0 Å². The van der Waals surface area contributed by atoms with Crippen LogP contribution in [-0.2, 0) is 4.79 Å². The fraction of sp³-hybridized carbons (Fsp3) is 0.562. The number of aromatic nitrogens is 2. The van der Waals surface area contributed by atoms with E-state index in [-0.39, 0.29) is 17.9 Å². The number of amides is 1. The van der Waals surface area contributed by atoms with Gasteiger partial charge < -0.3 is 9.32 Å². The highest BCUT2D eigenvalue weighted by atomic mass is 32.1. The summed E-state index contributed by atoms with van der Waals surface area (Å²) in [6.45, 7) is 9.14. The van der Waals surface area contributed by atoms with Crippen LogP contribution in [0, 0.1) is 5.92 Å². The molecule has 1 atom stereocenters. The summed E-state index contributed by atoms with van der Waals surface area (Å²) in [7, 11) is 0. The molecule has 1 fully saturated rings. The number of piperazine rings is 1. The Morgan fingerprint density at radius 1 is 1.22 bits per heavy atom. The second kappa shape index (κ2) is 6.80. The number of hydrogen-bond acceptors (Lipinski definition) is 6. The highest BCUT2D eigenvalue weighted by Gasteiger charge is 2.28. The summed E-state index contributed by atoms with van der Waals surface area (Å²) in [4.78, 5) is 17.3. The molecule has 1 aliphatic heterocycles. The average Bonchev–Trinajstić information content (AvgIpc) is 3.24. The molecule has 0 radical (unpaired) electrons. The predicted molar refractivity (Wildman–Crippen MR) is 89.0 cm³/mol. The quantitative estimate of drug-likeness (QED) is 0.860. The Hall–Kier alpha value is -1.73. The summed E-state index contributed by atoms with van der Waals surface area (Å²) in [6, 6.07) is 4.01. The first-order valence-corrected chi connectivity index (χ1v) is 8.84. The maximum atomic E-state index is 12.0. The lowest BCUT2D eigenvalue weighted by Gasteiger charge is -2.37. The predicted octanol–water partition coefficient (Wildman–Crippen LogP) is 2.66. The van der Waals surface area contributed by atoms with E-state index in [0.717, 1.165) is 31.1 Å². The number of rotatable bonds is 4. The minimum atomic E-state index is 0.0586. The smallest absolute Gasteiger partial charge is 0.257 e. The van der Waals surface area contributed by atoms with E-state index in [9.17, 15) is 4.79 Å². The highest BCUT2D eigenvalue weighted by molar-refractivity contribution is 7.13. The molecule has 0 aromatic carbocycles. The van der Waals surface area contributed by atoms with Crippen molar-refractivity contribution in [1.29, 1.82) is 0 Å². The van der Waals surface area contributed by atoms with Crippen LogP contribution in [0.3, 0.4) is 0 Å². The molecule has 2 aromatic rings. The minimum Gasteiger partial charge on any atom is -0.418 e. The molecule has 1 saturated heterocycles. The van der Waals surface area contributed by atoms with Crippen LogP contribution in [0.4, 0.5) is 0 Å². The van der Waals surface area contributed by atoms with E-state index >= 15 is 0 Å². The van der Waals surface area contributed by atoms with Gasteiger partial charge in [-0.05, 0) is 18.4 Å². The van der Waals surface area contributed by atoms with Crippen LogP contribution in [0.2, 0.25) is 0 Å². The zero-order valence-corrected chi connectivity index (χ0v) is 14.5. The summed E-state index contributed by atoms with van der Waals surface area (Å²) in [6.07, 6.45) is 0. The lowest BCUT2D eigenvalue weighted by molar-refractivity contribution is -0.136. The fourth-order valence-corrected chi connectivity index (χ4v) is 3.40. The second-order valence-electron chi connectivity index (χ2n) is 6.11. The van der Waals surface area contributed by atoms with Gasteiger partial charge in [-0.15, -0.1) is 21.5 Å². The van der Waals surface area contributed by atoms with Crippen molar-refractivity contribution >= 4 is 17.2 Å². The molecule has 0 saturated carbocycles. The molecule has 1 unspecified atom stereocenters. The third-order valence-electron chi connectivity index (χ3n) is 4.20. The van der Waals surface area contributed by atoms with E-state index in [4.69, 9.17) is 4.42 Å². The highest BCUT2D eigenvalue weighted by Crippen LogP contribution is 2.27. The molecular weight excluding hydrogens is 312 g/mol. The lowest BCUT2D eigenvalue weighted by Crippen LogP contribution is -2.50. The van der Waals surface area contributed by atoms with Gasteiger partial charge in [-0.2, -0.15) is 0 Å². The van der Waals surface area contributed by atoms with Crippen molar-refractivity contribution in [2.75, 3.05) is 26.2 Å². The zero-order chi connectivity index (χ0) is 16.4. The SMILES string of the molecule is CC(C)C(=O)N1CCN(C(C)c2nnc(-c3cccs3)o2)CC1. The maximum absolute atomic E-state index is 12.0. The third-order valence-corrected chi connectivity index (χ3v) is 5.06. The van der Waals surface area contributed by atoms with Gasteiger partial charge in [0.1, 0.15) is 0 Å². The van der Waals surface area contributed by atoms with Gasteiger partial charge >= 0.3 is 0 Å². The summed E-state index contributed by atoms with van der Waals surface area (Å²) in [5.41, 5.74) is 0. The molecule has 1 aliphatic rings. The molecule has 1 amide bonds. The van der Waals surface area contributed by atoms with Crippen molar-refractivity contribution in [3.63, 3.8) is 0 Å². The van der Waals surface area contributed by atoms with Gasteiger partial charge in [-0.1, -0.05) is 19.9 Å². The fourth-order valence-electron chi connectivity index (χ4n) is 2.75. The second-order valence-corrected chi connectivity index (χ2v) is 7.06. The van der Waals surface area contributed by atoms with Gasteiger partial charge in [0.25, 0.3) is 5.89 Å². The summed E-state index contributed by atoms with van der Waals surface area (Å²) >= 11 is 1.59. The molecule has 3 heterocycles. The van der Waals surface area contributed by atoms with E-state index in [1.54, 1.807) is 11.3 Å². The maximum Gasteiger partial charge on any atom is 0.257 e. The molecule has 23 heavy (non-hydrogen) atoms. The number of carbonyl (C=O) groups is 1. The van der Waals surface area contributed by atoms with Crippen molar-refractivity contribution in [2.24, 2.45) is 5.92 Å². The van der Waals surface area contributed by atoms with Crippen LogP contribution in [0.5, 0.6) is 0 Å². The average molecular weight is 334 g/mol. The Labute approximate surface area is 140 Å². The van der Waals surface area contributed by atoms with Crippen LogP contribution >= 0.6 is 11.3 Å². The molecule has 7 heteroatoms. The molecule has 2 aromatic heterocycles. The minimum absolute atomic E-state index is 0.0586.